The molecule has 0 bridgehead atoms. The second-order valence-corrected chi connectivity index (χ2v) is 9.99. The Labute approximate surface area is 211 Å². The molecule has 0 radical (unpaired) electrons. The van der Waals surface area contributed by atoms with Gasteiger partial charge in [0.25, 0.3) is 5.91 Å². The van der Waals surface area contributed by atoms with E-state index in [0.717, 1.165) is 0 Å². The maximum atomic E-state index is 13.9. The number of amides is 3. The van der Waals surface area contributed by atoms with Crippen LogP contribution in [0.15, 0.2) is 23.0 Å². The molecular weight excluding hydrogens is 486 g/mol. The van der Waals surface area contributed by atoms with Gasteiger partial charge in [0, 0.05) is 31.3 Å². The lowest BCUT2D eigenvalue weighted by molar-refractivity contribution is -0.153. The summed E-state index contributed by atoms with van der Waals surface area (Å²) in [5.74, 6) is -7.50. The van der Waals surface area contributed by atoms with Crippen molar-refractivity contribution in [2.24, 2.45) is 23.3 Å². The second-order valence-electron chi connectivity index (χ2n) is 9.99. The number of nitrogens with one attached hydrogen (secondary N) is 1. The highest BCUT2D eigenvalue weighted by molar-refractivity contribution is 6.24. The van der Waals surface area contributed by atoms with Crippen molar-refractivity contribution in [2.45, 2.75) is 24.5 Å². The zero-order valence-electron chi connectivity index (χ0n) is 20.7. The average Bonchev–Trinajstić information content (AvgIpc) is 2.77. The largest absolute Gasteiger partial charge is 0.508 e. The molecule has 4 rings (SSSR count). The van der Waals surface area contributed by atoms with Gasteiger partial charge < -0.3 is 42.1 Å². The molecule has 2 unspecified atom stereocenters. The molecule has 0 heterocycles. The minimum Gasteiger partial charge on any atom is -0.508 e. The summed E-state index contributed by atoms with van der Waals surface area (Å²) in [5, 5.41) is 47.0. The number of phenols is 1. The first-order valence-corrected chi connectivity index (χ1v) is 11.4. The lowest BCUT2D eigenvalue weighted by atomic mass is 9.57. The third-order valence-electron chi connectivity index (χ3n) is 7.44. The Morgan fingerprint density at radius 2 is 1.73 bits per heavy atom. The molecule has 9 N–H and O–H groups in total. The van der Waals surface area contributed by atoms with Gasteiger partial charge in [-0.15, -0.1) is 0 Å². The van der Waals surface area contributed by atoms with E-state index >= 15 is 0 Å². The molecule has 37 heavy (non-hydrogen) atoms. The molecule has 1 aromatic rings. The van der Waals surface area contributed by atoms with Crippen LogP contribution in [-0.2, 0) is 20.8 Å². The maximum Gasteiger partial charge on any atom is 0.316 e. The van der Waals surface area contributed by atoms with E-state index in [2.05, 4.69) is 5.32 Å². The zero-order chi connectivity index (χ0) is 27.7. The van der Waals surface area contributed by atoms with Crippen LogP contribution in [0.3, 0.4) is 0 Å². The van der Waals surface area contributed by atoms with Crippen molar-refractivity contribution < 1.29 is 39.6 Å². The van der Waals surface area contributed by atoms with Crippen molar-refractivity contribution in [2.75, 3.05) is 38.4 Å². The van der Waals surface area contributed by atoms with E-state index in [4.69, 9.17) is 11.5 Å². The summed E-state index contributed by atoms with van der Waals surface area (Å²) >= 11 is 0. The van der Waals surface area contributed by atoms with Crippen LogP contribution in [-0.4, -0.2) is 88.7 Å². The monoisotopic (exact) mass is 515 g/mol. The number of nitrogens with two attached hydrogens (primary N) is 2. The summed E-state index contributed by atoms with van der Waals surface area (Å²) in [6.07, 6.45) is 0.0904. The van der Waals surface area contributed by atoms with E-state index in [1.54, 1.807) is 19.0 Å². The van der Waals surface area contributed by atoms with Crippen LogP contribution in [0.5, 0.6) is 5.75 Å². The van der Waals surface area contributed by atoms with Crippen molar-refractivity contribution in [1.29, 1.82) is 0 Å². The first-order chi connectivity index (χ1) is 17.1. The minimum atomic E-state index is -2.73. The number of anilines is 2. The van der Waals surface area contributed by atoms with Crippen molar-refractivity contribution in [3.05, 3.63) is 34.1 Å². The molecule has 0 saturated heterocycles. The van der Waals surface area contributed by atoms with Gasteiger partial charge in [0.05, 0.1) is 17.3 Å². The predicted octanol–water partition coefficient (Wildman–Crippen LogP) is -0.479. The van der Waals surface area contributed by atoms with E-state index in [1.807, 2.05) is 0 Å². The summed E-state index contributed by atoms with van der Waals surface area (Å²) in [5.41, 5.74) is 7.34. The Hall–Kier alpha value is -4.10. The zero-order valence-corrected chi connectivity index (χ0v) is 20.7. The first kappa shape index (κ1) is 26.0. The van der Waals surface area contributed by atoms with E-state index < -0.39 is 69.8 Å². The Balaban J connectivity index is 2.01. The van der Waals surface area contributed by atoms with Crippen molar-refractivity contribution in [3.8, 4) is 5.75 Å². The van der Waals surface area contributed by atoms with E-state index in [-0.39, 0.29) is 29.7 Å². The molecule has 198 valence electrons. The number of hydrogen-bond donors (Lipinski definition) is 7. The molecule has 1 saturated carbocycles. The lowest BCUT2D eigenvalue weighted by Gasteiger charge is -2.50. The highest BCUT2D eigenvalue weighted by atomic mass is 16.3. The van der Waals surface area contributed by atoms with Gasteiger partial charge in [-0.2, -0.15) is 0 Å². The lowest BCUT2D eigenvalue weighted by Crippen LogP contribution is -2.65. The van der Waals surface area contributed by atoms with Crippen LogP contribution in [0.25, 0.3) is 5.76 Å². The number of benzene rings is 1. The number of nitrogens with zero attached hydrogens (tertiary/aromatic N) is 2. The van der Waals surface area contributed by atoms with Gasteiger partial charge in [-0.25, -0.2) is 4.79 Å². The fourth-order valence-electron chi connectivity index (χ4n) is 5.92. The average molecular weight is 516 g/mol. The number of aliphatic hydroxyl groups is 3. The molecule has 4 atom stereocenters. The van der Waals surface area contributed by atoms with Crippen LogP contribution < -0.4 is 21.7 Å². The van der Waals surface area contributed by atoms with E-state index in [1.165, 1.54) is 25.1 Å². The Kier molecular flexibility index (Phi) is 5.96. The summed E-state index contributed by atoms with van der Waals surface area (Å²) in [6, 6.07) is -0.665. The second kappa shape index (κ2) is 8.49. The molecule has 0 aromatic heterocycles. The van der Waals surface area contributed by atoms with Gasteiger partial charge in [-0.1, -0.05) is 0 Å². The van der Waals surface area contributed by atoms with E-state index in [9.17, 15) is 39.6 Å². The molecule has 1 fully saturated rings. The maximum absolute atomic E-state index is 13.9. The number of ketones is 2. The van der Waals surface area contributed by atoms with Crippen LogP contribution >= 0.6 is 0 Å². The number of urea groups is 1. The molecule has 3 aliphatic rings. The van der Waals surface area contributed by atoms with Gasteiger partial charge in [-0.3, -0.25) is 19.3 Å². The standard InChI is InChI=1S/C24H29N5O8/c1-28(2)12-7-11(27-23(26)36)17(30)14-9(12)5-8-6-10-16(29(3)4)19(32)15(22(25)35)21(34)24(10,37)20(33)13(8)18(14)31/h7-8,10,16,30-31,34,37H,5-6H2,1-4H3,(H2,25,35)(H3,26,27,36)/t8?,10?,16-,24-/m0/s1. The predicted molar refractivity (Wildman–Crippen MR) is 132 cm³/mol. The smallest absolute Gasteiger partial charge is 0.316 e. The van der Waals surface area contributed by atoms with Gasteiger partial charge in [0.2, 0.25) is 5.78 Å². The molecule has 1 aromatic carbocycles. The normalized spacial score (nSPS) is 27.0. The molecule has 3 aliphatic carbocycles. The Bertz CT molecular complexity index is 1330. The molecule has 13 nitrogen and oxygen atoms in total. The third kappa shape index (κ3) is 3.53. The van der Waals surface area contributed by atoms with Crippen LogP contribution in [0.2, 0.25) is 0 Å². The molecule has 13 heteroatoms. The number of aliphatic hydroxyl groups excluding tert-OH is 2. The van der Waals surface area contributed by atoms with Crippen LogP contribution in [0.4, 0.5) is 16.2 Å². The van der Waals surface area contributed by atoms with Crippen LogP contribution in [0.1, 0.15) is 17.5 Å². The number of fused-ring (bicyclic) bond motifs is 3. The molecule has 0 aliphatic heterocycles. The minimum absolute atomic E-state index is 0.0271. The number of likely N-dealkylation sites (N-methyl/N-ethyl adjacent to an activating group) is 1. The number of primary amides is 2. The molecule has 0 spiro atoms. The summed E-state index contributed by atoms with van der Waals surface area (Å²) in [4.78, 5) is 53.6. The van der Waals surface area contributed by atoms with Crippen molar-refractivity contribution >= 4 is 40.6 Å². The van der Waals surface area contributed by atoms with Gasteiger partial charge in [0.15, 0.2) is 17.1 Å². The topological polar surface area (TPSA) is 220 Å². The number of carbonyl (C=O) groups is 4. The van der Waals surface area contributed by atoms with E-state index in [0.29, 0.717) is 11.3 Å². The van der Waals surface area contributed by atoms with Gasteiger partial charge in [0.1, 0.15) is 17.1 Å². The van der Waals surface area contributed by atoms with Crippen LogP contribution in [0, 0.1) is 11.8 Å². The third-order valence-corrected chi connectivity index (χ3v) is 7.44. The fourth-order valence-corrected chi connectivity index (χ4v) is 5.92. The Morgan fingerprint density at radius 1 is 1.11 bits per heavy atom. The molecule has 3 amide bonds. The SMILES string of the molecule is CN(C)c1cc(NC(N)=O)c(O)c2c1CC1CC3[C@H](N(C)C)C(=O)C(C(N)=O)=C(O)[C@@]3(O)C(=O)C1=C2O. The fraction of sp³-hybridized carbons (Fsp3) is 0.417. The number of phenolic OH excluding ortho intramolecular Hbond substituents is 1. The summed E-state index contributed by atoms with van der Waals surface area (Å²) < 4.78 is 0. The highest BCUT2D eigenvalue weighted by Gasteiger charge is 2.64. The first-order valence-electron chi connectivity index (χ1n) is 11.4. The number of hydrogen-bond acceptors (Lipinski definition) is 10. The summed E-state index contributed by atoms with van der Waals surface area (Å²) in [6.45, 7) is 0. The number of aromatic hydroxyl groups is 1. The highest BCUT2D eigenvalue weighted by Crippen LogP contribution is 2.54. The molecular formula is C24H29N5O8. The number of Topliss-reactive ketones (excluding diaryl/α,β-unsaturated/α-hetero) is 2. The van der Waals surface area contributed by atoms with Gasteiger partial charge >= 0.3 is 6.03 Å². The van der Waals surface area contributed by atoms with Gasteiger partial charge in [-0.05, 0) is 44.5 Å². The summed E-state index contributed by atoms with van der Waals surface area (Å²) in [7, 11) is 6.47. The number of carbonyl (C=O) groups excluding carboxylic acids is 4. The number of rotatable bonds is 4. The Morgan fingerprint density at radius 3 is 2.24 bits per heavy atom. The van der Waals surface area contributed by atoms with Crippen molar-refractivity contribution in [3.63, 3.8) is 0 Å². The van der Waals surface area contributed by atoms with Crippen molar-refractivity contribution in [1.82, 2.24) is 4.90 Å². The quantitative estimate of drug-likeness (QED) is 0.202.